The van der Waals surface area contributed by atoms with Gasteiger partial charge in [0.25, 0.3) is 0 Å². The second kappa shape index (κ2) is 7.74. The van der Waals surface area contributed by atoms with Gasteiger partial charge < -0.3 is 10.0 Å². The maximum Gasteiger partial charge on any atom is 0.236 e. The molecule has 0 aromatic rings. The van der Waals surface area contributed by atoms with Crippen molar-refractivity contribution in [3.05, 3.63) is 0 Å². The van der Waals surface area contributed by atoms with Crippen LogP contribution in [-0.4, -0.2) is 59.6 Å². The Morgan fingerprint density at radius 2 is 2.22 bits per heavy atom. The summed E-state index contributed by atoms with van der Waals surface area (Å²) < 4.78 is 0. The highest BCUT2D eigenvalue weighted by atomic mass is 16.3. The van der Waals surface area contributed by atoms with Crippen molar-refractivity contribution in [1.29, 1.82) is 0 Å². The van der Waals surface area contributed by atoms with E-state index in [1.165, 1.54) is 0 Å². The smallest absolute Gasteiger partial charge is 0.236 e. The van der Waals surface area contributed by atoms with Crippen LogP contribution >= 0.6 is 0 Å². The first-order chi connectivity index (χ1) is 8.58. The fraction of sp³-hybridized carbons (Fsp3) is 0.929. The Bertz CT molecular complexity index is 256. The average molecular weight is 256 g/mol. The largest absolute Gasteiger partial charge is 0.393 e. The van der Waals surface area contributed by atoms with E-state index in [4.69, 9.17) is 0 Å². The van der Waals surface area contributed by atoms with Gasteiger partial charge >= 0.3 is 0 Å². The molecule has 1 heterocycles. The average Bonchev–Trinajstić information content (AvgIpc) is 2.78. The SMILES string of the molecule is CCCCN(CC)C(=O)CN1CCC(C(C)O)C1. The third-order valence-corrected chi connectivity index (χ3v) is 3.87. The second-order valence-electron chi connectivity index (χ2n) is 5.35. The molecule has 0 spiro atoms. The third kappa shape index (κ3) is 4.58. The molecule has 0 aliphatic carbocycles. The number of nitrogens with zero attached hydrogens (tertiary/aromatic N) is 2. The number of amides is 1. The zero-order chi connectivity index (χ0) is 13.5. The summed E-state index contributed by atoms with van der Waals surface area (Å²) in [6.07, 6.45) is 2.95. The van der Waals surface area contributed by atoms with Crippen molar-refractivity contribution in [1.82, 2.24) is 9.80 Å². The zero-order valence-electron chi connectivity index (χ0n) is 12.1. The number of likely N-dealkylation sites (N-methyl/N-ethyl adjacent to an activating group) is 1. The van der Waals surface area contributed by atoms with Gasteiger partial charge in [-0.15, -0.1) is 0 Å². The first-order valence-corrected chi connectivity index (χ1v) is 7.26. The molecule has 0 aromatic carbocycles. The Morgan fingerprint density at radius 3 is 2.72 bits per heavy atom. The molecule has 1 amide bonds. The van der Waals surface area contributed by atoms with Gasteiger partial charge in [0.05, 0.1) is 12.6 Å². The summed E-state index contributed by atoms with van der Waals surface area (Å²) in [6, 6.07) is 0. The van der Waals surface area contributed by atoms with Crippen LogP contribution in [0.4, 0.5) is 0 Å². The molecule has 106 valence electrons. The molecule has 0 aromatic heterocycles. The number of likely N-dealkylation sites (tertiary alicyclic amines) is 1. The molecule has 0 saturated carbocycles. The summed E-state index contributed by atoms with van der Waals surface area (Å²) in [6.45, 7) is 10.0. The first-order valence-electron chi connectivity index (χ1n) is 7.26. The molecular formula is C14H28N2O2. The Balaban J connectivity index is 2.35. The van der Waals surface area contributed by atoms with Crippen LogP contribution in [0.1, 0.15) is 40.0 Å². The number of carbonyl (C=O) groups is 1. The van der Waals surface area contributed by atoms with Crippen LogP contribution in [0.2, 0.25) is 0 Å². The Kier molecular flexibility index (Phi) is 6.65. The normalized spacial score (nSPS) is 22.1. The van der Waals surface area contributed by atoms with E-state index in [0.29, 0.717) is 12.5 Å². The van der Waals surface area contributed by atoms with E-state index in [1.54, 1.807) is 0 Å². The number of hydrogen-bond acceptors (Lipinski definition) is 3. The van der Waals surface area contributed by atoms with Crippen LogP contribution < -0.4 is 0 Å². The molecule has 1 saturated heterocycles. The van der Waals surface area contributed by atoms with E-state index in [2.05, 4.69) is 11.8 Å². The summed E-state index contributed by atoms with van der Waals surface area (Å²) in [7, 11) is 0. The minimum absolute atomic E-state index is 0.234. The van der Waals surface area contributed by atoms with Gasteiger partial charge in [0.2, 0.25) is 5.91 Å². The monoisotopic (exact) mass is 256 g/mol. The molecule has 1 aliphatic rings. The van der Waals surface area contributed by atoms with Gasteiger partial charge in [-0.2, -0.15) is 0 Å². The molecular weight excluding hydrogens is 228 g/mol. The lowest BCUT2D eigenvalue weighted by atomic mass is 10.0. The number of aliphatic hydroxyl groups excluding tert-OH is 1. The van der Waals surface area contributed by atoms with Crippen molar-refractivity contribution in [3.63, 3.8) is 0 Å². The predicted molar refractivity (Wildman–Crippen MR) is 73.4 cm³/mol. The van der Waals surface area contributed by atoms with E-state index < -0.39 is 0 Å². The van der Waals surface area contributed by atoms with Crippen LogP contribution in [-0.2, 0) is 4.79 Å². The third-order valence-electron chi connectivity index (χ3n) is 3.87. The summed E-state index contributed by atoms with van der Waals surface area (Å²) in [5.41, 5.74) is 0. The summed E-state index contributed by atoms with van der Waals surface area (Å²) in [5.74, 6) is 0.570. The Morgan fingerprint density at radius 1 is 1.50 bits per heavy atom. The van der Waals surface area contributed by atoms with E-state index >= 15 is 0 Å². The van der Waals surface area contributed by atoms with Gasteiger partial charge in [-0.05, 0) is 39.2 Å². The highest BCUT2D eigenvalue weighted by molar-refractivity contribution is 5.78. The molecule has 1 fully saturated rings. The Labute approximate surface area is 111 Å². The van der Waals surface area contributed by atoms with Gasteiger partial charge in [-0.25, -0.2) is 0 Å². The van der Waals surface area contributed by atoms with Gasteiger partial charge in [-0.1, -0.05) is 13.3 Å². The standard InChI is InChI=1S/C14H28N2O2/c1-4-6-8-16(5-2)14(18)11-15-9-7-13(10-15)12(3)17/h12-13,17H,4-11H2,1-3H3. The predicted octanol–water partition coefficient (Wildman–Crippen LogP) is 1.34. The van der Waals surface area contributed by atoms with Crippen LogP contribution in [0.5, 0.6) is 0 Å². The van der Waals surface area contributed by atoms with Gasteiger partial charge in [0.15, 0.2) is 0 Å². The topological polar surface area (TPSA) is 43.8 Å². The molecule has 2 unspecified atom stereocenters. The quantitative estimate of drug-likeness (QED) is 0.747. The maximum atomic E-state index is 12.1. The van der Waals surface area contributed by atoms with Crippen molar-refractivity contribution in [2.45, 2.75) is 46.1 Å². The van der Waals surface area contributed by atoms with Crippen LogP contribution in [0.25, 0.3) is 0 Å². The molecule has 1 N–H and O–H groups in total. The molecule has 18 heavy (non-hydrogen) atoms. The fourth-order valence-corrected chi connectivity index (χ4v) is 2.50. The zero-order valence-corrected chi connectivity index (χ0v) is 12.1. The van der Waals surface area contributed by atoms with Crippen molar-refractivity contribution in [3.8, 4) is 0 Å². The van der Waals surface area contributed by atoms with Crippen LogP contribution in [0.15, 0.2) is 0 Å². The number of hydrogen-bond donors (Lipinski definition) is 1. The van der Waals surface area contributed by atoms with E-state index in [9.17, 15) is 9.90 Å². The molecule has 1 aliphatic heterocycles. The fourth-order valence-electron chi connectivity index (χ4n) is 2.50. The molecule has 1 rings (SSSR count). The summed E-state index contributed by atoms with van der Waals surface area (Å²) in [4.78, 5) is 16.3. The number of aliphatic hydroxyl groups is 1. The van der Waals surface area contributed by atoms with E-state index in [0.717, 1.165) is 45.4 Å². The van der Waals surface area contributed by atoms with Crippen LogP contribution in [0, 0.1) is 5.92 Å². The molecule has 0 bridgehead atoms. The van der Waals surface area contributed by atoms with Crippen LogP contribution in [0.3, 0.4) is 0 Å². The minimum Gasteiger partial charge on any atom is -0.393 e. The van der Waals surface area contributed by atoms with E-state index in [1.807, 2.05) is 18.7 Å². The van der Waals surface area contributed by atoms with Crippen molar-refractivity contribution in [2.24, 2.45) is 5.92 Å². The lowest BCUT2D eigenvalue weighted by Gasteiger charge is -2.24. The van der Waals surface area contributed by atoms with E-state index in [-0.39, 0.29) is 12.0 Å². The first kappa shape index (κ1) is 15.4. The maximum absolute atomic E-state index is 12.1. The highest BCUT2D eigenvalue weighted by Crippen LogP contribution is 2.19. The minimum atomic E-state index is -0.257. The van der Waals surface area contributed by atoms with Gasteiger partial charge in [-0.3, -0.25) is 9.69 Å². The van der Waals surface area contributed by atoms with Gasteiger partial charge in [0, 0.05) is 19.6 Å². The van der Waals surface area contributed by atoms with Gasteiger partial charge in [0.1, 0.15) is 0 Å². The number of carbonyl (C=O) groups excluding carboxylic acids is 1. The number of unbranched alkanes of at least 4 members (excludes halogenated alkanes) is 1. The van der Waals surface area contributed by atoms with Crippen molar-refractivity contribution < 1.29 is 9.90 Å². The lowest BCUT2D eigenvalue weighted by Crippen LogP contribution is -2.40. The molecule has 4 nitrogen and oxygen atoms in total. The van der Waals surface area contributed by atoms with Crippen molar-refractivity contribution in [2.75, 3.05) is 32.7 Å². The summed E-state index contributed by atoms with van der Waals surface area (Å²) in [5, 5.41) is 9.55. The molecule has 2 atom stereocenters. The summed E-state index contributed by atoms with van der Waals surface area (Å²) >= 11 is 0. The number of rotatable bonds is 7. The molecule has 4 heteroatoms. The second-order valence-corrected chi connectivity index (χ2v) is 5.35. The lowest BCUT2D eigenvalue weighted by molar-refractivity contribution is -0.132. The van der Waals surface area contributed by atoms with Crippen molar-refractivity contribution >= 4 is 5.91 Å². The molecule has 0 radical (unpaired) electrons. The Hall–Kier alpha value is -0.610. The highest BCUT2D eigenvalue weighted by Gasteiger charge is 2.27.